The fraction of sp³-hybridized carbons (Fsp3) is 0.917. The number of nitrogens with one attached hydrogen (secondary N) is 1. The van der Waals surface area contributed by atoms with Crippen molar-refractivity contribution in [3.05, 3.63) is 0 Å². The number of amides is 1. The maximum Gasteiger partial charge on any atom is 0.249 e. The average molecular weight is 292 g/mol. The van der Waals surface area contributed by atoms with Crippen LogP contribution in [-0.2, 0) is 9.53 Å². The molecule has 1 fully saturated rings. The summed E-state index contributed by atoms with van der Waals surface area (Å²) in [6.07, 6.45) is 1.80. The van der Waals surface area contributed by atoms with E-state index >= 15 is 0 Å². The molecule has 0 aromatic heterocycles. The van der Waals surface area contributed by atoms with Crippen molar-refractivity contribution in [2.45, 2.75) is 39.7 Å². The summed E-state index contributed by atoms with van der Waals surface area (Å²) >= 11 is 3.43. The maximum absolute atomic E-state index is 11.9. The van der Waals surface area contributed by atoms with E-state index in [0.29, 0.717) is 19.1 Å². The molecule has 1 heterocycles. The van der Waals surface area contributed by atoms with Crippen molar-refractivity contribution >= 4 is 21.8 Å². The number of carbonyl (C=O) groups is 1. The van der Waals surface area contributed by atoms with Gasteiger partial charge in [-0.05, 0) is 24.2 Å². The molecule has 2 atom stereocenters. The SMILES string of the molecule is CC1CCOC1C(=O)NCC(C)(C)CCBr. The Balaban J connectivity index is 2.34. The Hall–Kier alpha value is -0.0900. The van der Waals surface area contributed by atoms with Gasteiger partial charge in [-0.1, -0.05) is 36.7 Å². The van der Waals surface area contributed by atoms with Gasteiger partial charge >= 0.3 is 0 Å². The lowest BCUT2D eigenvalue weighted by molar-refractivity contribution is -0.131. The Morgan fingerprint density at radius 1 is 1.56 bits per heavy atom. The van der Waals surface area contributed by atoms with E-state index in [1.165, 1.54) is 0 Å². The fourth-order valence-electron chi connectivity index (χ4n) is 1.80. The van der Waals surface area contributed by atoms with E-state index in [1.54, 1.807) is 0 Å². The second-order valence-electron chi connectivity index (χ2n) is 5.38. The number of halogens is 1. The van der Waals surface area contributed by atoms with Crippen LogP contribution in [0.3, 0.4) is 0 Å². The largest absolute Gasteiger partial charge is 0.368 e. The Morgan fingerprint density at radius 3 is 2.75 bits per heavy atom. The van der Waals surface area contributed by atoms with Crippen LogP contribution in [0.25, 0.3) is 0 Å². The third-order valence-corrected chi connectivity index (χ3v) is 3.55. The Labute approximate surface area is 106 Å². The lowest BCUT2D eigenvalue weighted by atomic mass is 9.90. The zero-order valence-electron chi connectivity index (χ0n) is 10.4. The zero-order valence-corrected chi connectivity index (χ0v) is 12.0. The van der Waals surface area contributed by atoms with E-state index in [1.807, 2.05) is 0 Å². The van der Waals surface area contributed by atoms with Gasteiger partial charge in [0.1, 0.15) is 6.10 Å². The molecule has 1 rings (SSSR count). The minimum Gasteiger partial charge on any atom is -0.368 e. The summed E-state index contributed by atoms with van der Waals surface area (Å²) in [5, 5.41) is 3.96. The topological polar surface area (TPSA) is 38.3 Å². The summed E-state index contributed by atoms with van der Waals surface area (Å²) in [6, 6.07) is 0. The minimum atomic E-state index is -0.236. The highest BCUT2D eigenvalue weighted by atomic mass is 79.9. The average Bonchev–Trinajstić information content (AvgIpc) is 2.61. The van der Waals surface area contributed by atoms with Gasteiger partial charge in [0.25, 0.3) is 0 Å². The van der Waals surface area contributed by atoms with Gasteiger partial charge in [0.05, 0.1) is 0 Å². The van der Waals surface area contributed by atoms with E-state index in [0.717, 1.165) is 18.2 Å². The van der Waals surface area contributed by atoms with Crippen LogP contribution in [0.5, 0.6) is 0 Å². The van der Waals surface area contributed by atoms with Gasteiger partial charge in [0.2, 0.25) is 5.91 Å². The Bertz CT molecular complexity index is 243. The molecular weight excluding hydrogens is 270 g/mol. The van der Waals surface area contributed by atoms with Gasteiger partial charge in [-0.25, -0.2) is 0 Å². The normalized spacial score (nSPS) is 25.8. The third kappa shape index (κ3) is 4.06. The highest BCUT2D eigenvalue weighted by Crippen LogP contribution is 2.22. The molecule has 0 aliphatic carbocycles. The van der Waals surface area contributed by atoms with Gasteiger partial charge in [-0.15, -0.1) is 0 Å². The highest BCUT2D eigenvalue weighted by Gasteiger charge is 2.31. The molecule has 3 nitrogen and oxygen atoms in total. The molecule has 0 radical (unpaired) electrons. The van der Waals surface area contributed by atoms with Gasteiger partial charge < -0.3 is 10.1 Å². The molecule has 0 saturated carbocycles. The van der Waals surface area contributed by atoms with Crippen LogP contribution >= 0.6 is 15.9 Å². The Kier molecular flexibility index (Phi) is 5.25. The second kappa shape index (κ2) is 6.01. The van der Waals surface area contributed by atoms with Gasteiger partial charge in [-0.2, -0.15) is 0 Å². The molecule has 1 saturated heterocycles. The zero-order chi connectivity index (χ0) is 12.2. The molecule has 1 aliphatic heterocycles. The molecule has 0 bridgehead atoms. The second-order valence-corrected chi connectivity index (χ2v) is 6.17. The first kappa shape index (κ1) is 14.0. The van der Waals surface area contributed by atoms with Crippen molar-refractivity contribution in [1.82, 2.24) is 5.32 Å². The monoisotopic (exact) mass is 291 g/mol. The number of alkyl halides is 1. The van der Waals surface area contributed by atoms with Crippen molar-refractivity contribution < 1.29 is 9.53 Å². The molecule has 1 N–H and O–H groups in total. The first-order valence-electron chi connectivity index (χ1n) is 5.91. The summed E-state index contributed by atoms with van der Waals surface area (Å²) in [5.74, 6) is 0.395. The number of rotatable bonds is 5. The number of carbonyl (C=O) groups excluding carboxylic acids is 1. The van der Waals surface area contributed by atoms with Crippen LogP contribution < -0.4 is 5.32 Å². The summed E-state index contributed by atoms with van der Waals surface area (Å²) in [7, 11) is 0. The first-order chi connectivity index (χ1) is 7.46. The van der Waals surface area contributed by atoms with Crippen molar-refractivity contribution in [1.29, 1.82) is 0 Å². The van der Waals surface area contributed by atoms with E-state index in [-0.39, 0.29) is 17.4 Å². The molecule has 1 amide bonds. The molecule has 1 aliphatic rings. The van der Waals surface area contributed by atoms with E-state index in [9.17, 15) is 4.79 Å². The van der Waals surface area contributed by atoms with E-state index in [4.69, 9.17) is 4.74 Å². The molecule has 4 heteroatoms. The number of hydrogen-bond acceptors (Lipinski definition) is 2. The van der Waals surface area contributed by atoms with Crippen molar-refractivity contribution in [2.75, 3.05) is 18.5 Å². The van der Waals surface area contributed by atoms with Crippen molar-refractivity contribution in [3.63, 3.8) is 0 Å². The van der Waals surface area contributed by atoms with Gasteiger partial charge in [0.15, 0.2) is 0 Å². The minimum absolute atomic E-state index is 0.0487. The van der Waals surface area contributed by atoms with Gasteiger partial charge in [-0.3, -0.25) is 4.79 Å². The lowest BCUT2D eigenvalue weighted by Gasteiger charge is -2.25. The highest BCUT2D eigenvalue weighted by molar-refractivity contribution is 9.09. The first-order valence-corrected chi connectivity index (χ1v) is 7.04. The van der Waals surface area contributed by atoms with Crippen LogP contribution in [0.15, 0.2) is 0 Å². The van der Waals surface area contributed by atoms with Crippen LogP contribution in [-0.4, -0.2) is 30.5 Å². The summed E-state index contributed by atoms with van der Waals surface area (Å²) in [6.45, 7) is 7.82. The summed E-state index contributed by atoms with van der Waals surface area (Å²) in [4.78, 5) is 11.9. The van der Waals surface area contributed by atoms with E-state index in [2.05, 4.69) is 42.0 Å². The van der Waals surface area contributed by atoms with Crippen molar-refractivity contribution in [3.8, 4) is 0 Å². The number of ether oxygens (including phenoxy) is 1. The molecule has 2 unspecified atom stereocenters. The fourth-order valence-corrected chi connectivity index (χ4v) is 2.88. The Morgan fingerprint density at radius 2 is 2.25 bits per heavy atom. The molecular formula is C12H22BrNO2. The third-order valence-electron chi connectivity index (χ3n) is 3.16. The van der Waals surface area contributed by atoms with Crippen molar-refractivity contribution in [2.24, 2.45) is 11.3 Å². The van der Waals surface area contributed by atoms with Crippen LogP contribution in [0.4, 0.5) is 0 Å². The molecule has 94 valence electrons. The van der Waals surface area contributed by atoms with E-state index < -0.39 is 0 Å². The summed E-state index contributed by atoms with van der Waals surface area (Å²) in [5.41, 5.74) is 0.140. The lowest BCUT2D eigenvalue weighted by Crippen LogP contribution is -2.41. The smallest absolute Gasteiger partial charge is 0.249 e. The van der Waals surface area contributed by atoms with Crippen LogP contribution in [0.1, 0.15) is 33.6 Å². The summed E-state index contributed by atoms with van der Waals surface area (Å²) < 4.78 is 5.43. The predicted octanol–water partition coefficient (Wildman–Crippen LogP) is 2.34. The predicted molar refractivity (Wildman–Crippen MR) is 68.7 cm³/mol. The quantitative estimate of drug-likeness (QED) is 0.790. The van der Waals surface area contributed by atoms with Crippen LogP contribution in [0.2, 0.25) is 0 Å². The molecule has 16 heavy (non-hydrogen) atoms. The van der Waals surface area contributed by atoms with Gasteiger partial charge in [0, 0.05) is 18.5 Å². The maximum atomic E-state index is 11.9. The molecule has 0 aromatic carbocycles. The standard InChI is InChI=1S/C12H22BrNO2/c1-9-4-7-16-10(9)11(15)14-8-12(2,3)5-6-13/h9-10H,4-8H2,1-3H3,(H,14,15). The molecule has 0 spiro atoms. The number of hydrogen-bond donors (Lipinski definition) is 1. The van der Waals surface area contributed by atoms with Crippen LogP contribution in [0, 0.1) is 11.3 Å². The molecule has 0 aromatic rings.